The molecule has 17 heavy (non-hydrogen) atoms. The second kappa shape index (κ2) is 6.80. The van der Waals surface area contributed by atoms with Gasteiger partial charge < -0.3 is 5.32 Å². The minimum absolute atomic E-state index is 0.647. The zero-order valence-electron chi connectivity index (χ0n) is 12.0. The molecule has 0 aliphatic carbocycles. The van der Waals surface area contributed by atoms with Crippen LogP contribution in [0.15, 0.2) is 18.2 Å². The fourth-order valence-electron chi connectivity index (χ4n) is 2.86. The van der Waals surface area contributed by atoms with Crippen LogP contribution < -0.4 is 5.32 Å². The largest absolute Gasteiger partial charge is 0.319 e. The van der Waals surface area contributed by atoms with Crippen LogP contribution in [0.1, 0.15) is 49.3 Å². The monoisotopic (exact) mass is 233 g/mol. The molecule has 0 bridgehead atoms. The predicted octanol–water partition coefficient (Wildman–Crippen LogP) is 4.04. The molecule has 0 saturated heterocycles. The molecule has 1 atom stereocenters. The molecule has 0 heterocycles. The first kappa shape index (κ1) is 14.2. The van der Waals surface area contributed by atoms with Crippen LogP contribution in [-0.2, 0) is 0 Å². The Labute approximate surface area is 107 Å². The molecule has 0 radical (unpaired) electrons. The summed E-state index contributed by atoms with van der Waals surface area (Å²) in [6.45, 7) is 10.1. The van der Waals surface area contributed by atoms with Crippen molar-refractivity contribution in [1.29, 1.82) is 0 Å². The summed E-state index contributed by atoms with van der Waals surface area (Å²) in [6, 6.07) is 6.97. The SMILES string of the molecule is CCC(CC)C(CNC)c1cc(C)cc(C)c1. The quantitative estimate of drug-likeness (QED) is 0.782. The van der Waals surface area contributed by atoms with Gasteiger partial charge in [-0.2, -0.15) is 0 Å². The molecule has 0 saturated carbocycles. The fraction of sp³-hybridized carbons (Fsp3) is 0.625. The molecule has 96 valence electrons. The Kier molecular flexibility index (Phi) is 5.70. The number of benzene rings is 1. The van der Waals surface area contributed by atoms with Crippen LogP contribution in [0.25, 0.3) is 0 Å². The van der Waals surface area contributed by atoms with Crippen LogP contribution in [0.3, 0.4) is 0 Å². The van der Waals surface area contributed by atoms with Crippen molar-refractivity contribution in [2.75, 3.05) is 13.6 Å². The van der Waals surface area contributed by atoms with E-state index in [9.17, 15) is 0 Å². The number of hydrogen-bond donors (Lipinski definition) is 1. The van der Waals surface area contributed by atoms with Gasteiger partial charge in [0.2, 0.25) is 0 Å². The third kappa shape index (κ3) is 3.85. The van der Waals surface area contributed by atoms with Crippen molar-refractivity contribution in [2.24, 2.45) is 5.92 Å². The molecular formula is C16H27N. The lowest BCUT2D eigenvalue weighted by Crippen LogP contribution is -2.24. The molecule has 1 heteroatoms. The van der Waals surface area contributed by atoms with Gasteiger partial charge >= 0.3 is 0 Å². The summed E-state index contributed by atoms with van der Waals surface area (Å²) < 4.78 is 0. The molecule has 1 N–H and O–H groups in total. The molecule has 0 aliphatic heterocycles. The van der Waals surface area contributed by atoms with E-state index in [0.29, 0.717) is 5.92 Å². The average Bonchev–Trinajstić information content (AvgIpc) is 2.28. The predicted molar refractivity (Wildman–Crippen MR) is 76.7 cm³/mol. The lowest BCUT2D eigenvalue weighted by molar-refractivity contribution is 0.387. The van der Waals surface area contributed by atoms with Crippen molar-refractivity contribution in [3.63, 3.8) is 0 Å². The third-order valence-corrected chi connectivity index (χ3v) is 3.71. The van der Waals surface area contributed by atoms with E-state index in [1.54, 1.807) is 0 Å². The van der Waals surface area contributed by atoms with Crippen molar-refractivity contribution in [3.05, 3.63) is 34.9 Å². The van der Waals surface area contributed by atoms with Crippen molar-refractivity contribution in [3.8, 4) is 0 Å². The summed E-state index contributed by atoms with van der Waals surface area (Å²) in [7, 11) is 2.05. The Morgan fingerprint density at radius 3 is 1.94 bits per heavy atom. The van der Waals surface area contributed by atoms with E-state index in [2.05, 4.69) is 58.3 Å². The summed E-state index contributed by atoms with van der Waals surface area (Å²) in [4.78, 5) is 0. The lowest BCUT2D eigenvalue weighted by atomic mass is 9.81. The zero-order chi connectivity index (χ0) is 12.8. The van der Waals surface area contributed by atoms with Crippen molar-refractivity contribution < 1.29 is 0 Å². The molecule has 1 aromatic rings. The normalized spacial score (nSPS) is 13.1. The fourth-order valence-corrected chi connectivity index (χ4v) is 2.86. The molecule has 1 nitrogen and oxygen atoms in total. The lowest BCUT2D eigenvalue weighted by Gasteiger charge is -2.26. The van der Waals surface area contributed by atoms with Gasteiger partial charge in [-0.05, 0) is 38.3 Å². The van der Waals surface area contributed by atoms with E-state index in [1.807, 2.05) is 0 Å². The van der Waals surface area contributed by atoms with Crippen LogP contribution in [-0.4, -0.2) is 13.6 Å². The standard InChI is InChI=1S/C16H27N/c1-6-14(7-2)16(11-17-5)15-9-12(3)8-13(4)10-15/h8-10,14,16-17H,6-7,11H2,1-5H3. The van der Waals surface area contributed by atoms with Gasteiger partial charge in [-0.25, -0.2) is 0 Å². The molecular weight excluding hydrogens is 206 g/mol. The first-order valence-electron chi connectivity index (χ1n) is 6.85. The van der Waals surface area contributed by atoms with Gasteiger partial charge in [0.15, 0.2) is 0 Å². The van der Waals surface area contributed by atoms with Gasteiger partial charge in [-0.15, -0.1) is 0 Å². The molecule has 1 rings (SSSR count). The Morgan fingerprint density at radius 1 is 1.00 bits per heavy atom. The number of rotatable bonds is 6. The van der Waals surface area contributed by atoms with E-state index in [4.69, 9.17) is 0 Å². The number of aryl methyl sites for hydroxylation is 2. The van der Waals surface area contributed by atoms with Crippen LogP contribution >= 0.6 is 0 Å². The van der Waals surface area contributed by atoms with Crippen molar-refractivity contribution in [2.45, 2.75) is 46.5 Å². The highest BCUT2D eigenvalue weighted by Gasteiger charge is 2.20. The Morgan fingerprint density at radius 2 is 1.53 bits per heavy atom. The third-order valence-electron chi connectivity index (χ3n) is 3.71. The topological polar surface area (TPSA) is 12.0 Å². The molecule has 0 aromatic heterocycles. The molecule has 1 unspecified atom stereocenters. The maximum Gasteiger partial charge on any atom is 0.00198 e. The van der Waals surface area contributed by atoms with Gasteiger partial charge in [0.1, 0.15) is 0 Å². The Bertz CT molecular complexity index is 319. The minimum Gasteiger partial charge on any atom is -0.319 e. The van der Waals surface area contributed by atoms with E-state index >= 15 is 0 Å². The summed E-state index contributed by atoms with van der Waals surface area (Å²) in [6.07, 6.45) is 2.52. The molecule has 0 aliphatic rings. The number of likely N-dealkylation sites (N-methyl/N-ethyl adjacent to an activating group) is 1. The van der Waals surface area contributed by atoms with Gasteiger partial charge in [0.25, 0.3) is 0 Å². The minimum atomic E-state index is 0.647. The highest BCUT2D eigenvalue weighted by Crippen LogP contribution is 2.30. The second-order valence-corrected chi connectivity index (χ2v) is 5.16. The highest BCUT2D eigenvalue weighted by molar-refractivity contribution is 5.31. The van der Waals surface area contributed by atoms with Gasteiger partial charge in [-0.1, -0.05) is 56.0 Å². The van der Waals surface area contributed by atoms with Crippen LogP contribution in [0, 0.1) is 19.8 Å². The molecule has 0 amide bonds. The van der Waals surface area contributed by atoms with E-state index in [0.717, 1.165) is 12.5 Å². The summed E-state index contributed by atoms with van der Waals surface area (Å²) >= 11 is 0. The first-order valence-corrected chi connectivity index (χ1v) is 6.85. The number of hydrogen-bond acceptors (Lipinski definition) is 1. The first-order chi connectivity index (χ1) is 8.12. The van der Waals surface area contributed by atoms with Crippen molar-refractivity contribution in [1.82, 2.24) is 5.32 Å². The van der Waals surface area contributed by atoms with Crippen LogP contribution in [0.4, 0.5) is 0 Å². The van der Waals surface area contributed by atoms with E-state index in [1.165, 1.54) is 29.5 Å². The highest BCUT2D eigenvalue weighted by atomic mass is 14.8. The Balaban J connectivity index is 3.03. The van der Waals surface area contributed by atoms with E-state index < -0.39 is 0 Å². The molecule has 0 spiro atoms. The van der Waals surface area contributed by atoms with E-state index in [-0.39, 0.29) is 0 Å². The maximum absolute atomic E-state index is 3.35. The maximum atomic E-state index is 3.35. The van der Waals surface area contributed by atoms with Crippen LogP contribution in [0.5, 0.6) is 0 Å². The van der Waals surface area contributed by atoms with Crippen molar-refractivity contribution >= 4 is 0 Å². The summed E-state index contributed by atoms with van der Waals surface area (Å²) in [5.74, 6) is 1.43. The Hall–Kier alpha value is -0.820. The smallest absolute Gasteiger partial charge is 0.00198 e. The second-order valence-electron chi connectivity index (χ2n) is 5.16. The summed E-state index contributed by atoms with van der Waals surface area (Å²) in [5, 5.41) is 3.35. The summed E-state index contributed by atoms with van der Waals surface area (Å²) in [5.41, 5.74) is 4.27. The van der Waals surface area contributed by atoms with Gasteiger partial charge in [-0.3, -0.25) is 0 Å². The van der Waals surface area contributed by atoms with Gasteiger partial charge in [0.05, 0.1) is 0 Å². The number of nitrogens with one attached hydrogen (secondary N) is 1. The van der Waals surface area contributed by atoms with Crippen LogP contribution in [0.2, 0.25) is 0 Å². The molecule has 0 fully saturated rings. The average molecular weight is 233 g/mol. The van der Waals surface area contributed by atoms with Gasteiger partial charge in [0, 0.05) is 6.54 Å². The zero-order valence-corrected chi connectivity index (χ0v) is 12.0. The molecule has 1 aromatic carbocycles.